The van der Waals surface area contributed by atoms with Gasteiger partial charge in [0.15, 0.2) is 0 Å². The zero-order valence-corrected chi connectivity index (χ0v) is 17.1. The minimum Gasteiger partial charge on any atom is -0.333 e. The van der Waals surface area contributed by atoms with Gasteiger partial charge < -0.3 is 20.3 Å². The Bertz CT molecular complexity index is 648. The summed E-state index contributed by atoms with van der Waals surface area (Å²) < 4.78 is 0. The van der Waals surface area contributed by atoms with Crippen LogP contribution in [0.3, 0.4) is 0 Å². The van der Waals surface area contributed by atoms with E-state index in [9.17, 15) is 9.59 Å². The highest BCUT2D eigenvalue weighted by atomic mass is 16.2. The van der Waals surface area contributed by atoms with Crippen molar-refractivity contribution in [1.82, 2.24) is 15.5 Å². The SMILES string of the molecule is C=O.CN[C@@H](C)C(=O)N=C(C)C(=O)N1CCC[C@H]1CNCCc1ccccc1. The number of carbonyl (C=O) groups excluding carboxylic acids is 3. The first-order valence-corrected chi connectivity index (χ1v) is 9.63. The molecule has 1 aliphatic heterocycles. The maximum absolute atomic E-state index is 12.7. The molecule has 2 atom stereocenters. The predicted octanol–water partition coefficient (Wildman–Crippen LogP) is 1.22. The van der Waals surface area contributed by atoms with Crippen LogP contribution in [0.15, 0.2) is 35.3 Å². The number of hydrogen-bond acceptors (Lipinski definition) is 5. The lowest BCUT2D eigenvalue weighted by atomic mass is 10.1. The zero-order chi connectivity index (χ0) is 20.9. The molecule has 7 heteroatoms. The summed E-state index contributed by atoms with van der Waals surface area (Å²) in [4.78, 5) is 38.4. The van der Waals surface area contributed by atoms with E-state index in [2.05, 4.69) is 27.8 Å². The monoisotopic (exact) mass is 388 g/mol. The van der Waals surface area contributed by atoms with Gasteiger partial charge in [-0.1, -0.05) is 30.3 Å². The first kappa shape index (κ1) is 23.7. The number of nitrogens with one attached hydrogen (secondary N) is 2. The summed E-state index contributed by atoms with van der Waals surface area (Å²) in [5.74, 6) is -0.441. The fourth-order valence-electron chi connectivity index (χ4n) is 3.10. The van der Waals surface area contributed by atoms with Crippen LogP contribution in [-0.4, -0.2) is 68.0 Å². The van der Waals surface area contributed by atoms with Gasteiger partial charge in [0.1, 0.15) is 12.5 Å². The second-order valence-corrected chi connectivity index (χ2v) is 6.78. The van der Waals surface area contributed by atoms with E-state index in [1.165, 1.54) is 5.56 Å². The quantitative estimate of drug-likeness (QED) is 0.516. The standard InChI is InChI=1S/C20H30N4O2.CH2O/c1-15(21-3)19(25)23-16(2)20(26)24-13-7-10-18(24)14-22-12-11-17-8-5-4-6-9-17;1-2/h4-6,8-9,15,18,21-22H,7,10-14H2,1-3H3;1H2/t15-,18-;/m0./s1. The van der Waals surface area contributed by atoms with Crippen molar-refractivity contribution in [3.05, 3.63) is 35.9 Å². The van der Waals surface area contributed by atoms with Gasteiger partial charge >= 0.3 is 0 Å². The van der Waals surface area contributed by atoms with Crippen molar-refractivity contribution in [3.63, 3.8) is 0 Å². The average Bonchev–Trinajstić information content (AvgIpc) is 3.20. The Morgan fingerprint density at radius 3 is 2.61 bits per heavy atom. The van der Waals surface area contributed by atoms with E-state index in [-0.39, 0.29) is 29.6 Å². The number of benzene rings is 1. The van der Waals surface area contributed by atoms with Crippen molar-refractivity contribution in [2.45, 2.75) is 45.2 Å². The largest absolute Gasteiger partial charge is 0.333 e. The second kappa shape index (κ2) is 12.9. The van der Waals surface area contributed by atoms with Crippen LogP contribution in [0.5, 0.6) is 0 Å². The summed E-state index contributed by atoms with van der Waals surface area (Å²) >= 11 is 0. The highest BCUT2D eigenvalue weighted by Crippen LogP contribution is 2.17. The lowest BCUT2D eigenvalue weighted by molar-refractivity contribution is -0.125. The molecule has 0 unspecified atom stereocenters. The van der Waals surface area contributed by atoms with Crippen molar-refractivity contribution in [2.24, 2.45) is 4.99 Å². The molecule has 1 saturated heterocycles. The summed E-state index contributed by atoms with van der Waals surface area (Å²) in [7, 11) is 1.70. The maximum atomic E-state index is 12.7. The third-order valence-electron chi connectivity index (χ3n) is 4.84. The smallest absolute Gasteiger partial charge is 0.268 e. The number of amides is 2. The number of likely N-dealkylation sites (N-methyl/N-ethyl adjacent to an activating group) is 1. The molecule has 2 N–H and O–H groups in total. The van der Waals surface area contributed by atoms with Crippen molar-refractivity contribution in [3.8, 4) is 0 Å². The Morgan fingerprint density at radius 1 is 1.29 bits per heavy atom. The second-order valence-electron chi connectivity index (χ2n) is 6.78. The third kappa shape index (κ3) is 7.32. The third-order valence-corrected chi connectivity index (χ3v) is 4.84. The molecule has 0 spiro atoms. The van der Waals surface area contributed by atoms with Crippen LogP contribution in [0.25, 0.3) is 0 Å². The highest BCUT2D eigenvalue weighted by molar-refractivity contribution is 6.39. The number of carbonyl (C=O) groups is 3. The zero-order valence-electron chi connectivity index (χ0n) is 17.1. The van der Waals surface area contributed by atoms with Gasteiger partial charge in [-0.3, -0.25) is 9.59 Å². The van der Waals surface area contributed by atoms with E-state index < -0.39 is 0 Å². The topological polar surface area (TPSA) is 90.9 Å². The summed E-state index contributed by atoms with van der Waals surface area (Å²) in [6.07, 6.45) is 2.95. The molecule has 0 radical (unpaired) electrons. The lowest BCUT2D eigenvalue weighted by Gasteiger charge is -2.25. The number of aliphatic imine (C=N–C) groups is 1. The minimum absolute atomic E-state index is 0.131. The van der Waals surface area contributed by atoms with E-state index in [1.54, 1.807) is 20.9 Å². The van der Waals surface area contributed by atoms with Gasteiger partial charge in [-0.05, 0) is 52.3 Å². The number of likely N-dealkylation sites (tertiary alicyclic amines) is 1. The van der Waals surface area contributed by atoms with Crippen LogP contribution < -0.4 is 10.6 Å². The number of nitrogens with zero attached hydrogens (tertiary/aromatic N) is 2. The van der Waals surface area contributed by atoms with Crippen molar-refractivity contribution in [2.75, 3.05) is 26.7 Å². The Kier molecular flexibility index (Phi) is 10.9. The van der Waals surface area contributed by atoms with Gasteiger partial charge in [-0.25, -0.2) is 4.99 Å². The van der Waals surface area contributed by atoms with Crippen LogP contribution in [0.2, 0.25) is 0 Å². The molecule has 1 fully saturated rings. The van der Waals surface area contributed by atoms with E-state index >= 15 is 0 Å². The summed E-state index contributed by atoms with van der Waals surface area (Å²) in [5, 5.41) is 6.30. The van der Waals surface area contributed by atoms with Gasteiger partial charge in [0.25, 0.3) is 11.8 Å². The molecule has 1 aliphatic rings. The van der Waals surface area contributed by atoms with Crippen LogP contribution >= 0.6 is 0 Å². The molecular weight excluding hydrogens is 356 g/mol. The molecule has 0 saturated carbocycles. The first-order chi connectivity index (χ1) is 13.5. The van der Waals surface area contributed by atoms with Crippen molar-refractivity contribution >= 4 is 24.3 Å². The fourth-order valence-corrected chi connectivity index (χ4v) is 3.10. The van der Waals surface area contributed by atoms with Crippen molar-refractivity contribution < 1.29 is 14.4 Å². The molecular formula is C21H32N4O3. The van der Waals surface area contributed by atoms with Crippen LogP contribution in [0.1, 0.15) is 32.3 Å². The first-order valence-electron chi connectivity index (χ1n) is 9.63. The highest BCUT2D eigenvalue weighted by Gasteiger charge is 2.30. The van der Waals surface area contributed by atoms with Gasteiger partial charge in [-0.15, -0.1) is 0 Å². The van der Waals surface area contributed by atoms with Crippen LogP contribution in [0.4, 0.5) is 0 Å². The van der Waals surface area contributed by atoms with Crippen LogP contribution in [0, 0.1) is 0 Å². The van der Waals surface area contributed by atoms with Crippen LogP contribution in [-0.2, 0) is 20.8 Å². The van der Waals surface area contributed by atoms with Gasteiger partial charge in [0.05, 0.1) is 6.04 Å². The molecule has 2 amide bonds. The lowest BCUT2D eigenvalue weighted by Crippen LogP contribution is -2.44. The number of hydrogen-bond donors (Lipinski definition) is 2. The molecule has 2 rings (SSSR count). The van der Waals surface area contributed by atoms with Crippen molar-refractivity contribution in [1.29, 1.82) is 0 Å². The molecule has 1 heterocycles. The molecule has 0 aliphatic carbocycles. The Hall–Kier alpha value is -2.38. The van der Waals surface area contributed by atoms with E-state index in [0.29, 0.717) is 0 Å². The molecule has 0 aromatic heterocycles. The average molecular weight is 389 g/mol. The molecule has 0 bridgehead atoms. The molecule has 1 aromatic rings. The Balaban J connectivity index is 0.00000190. The molecule has 1 aromatic carbocycles. The van der Waals surface area contributed by atoms with Gasteiger partial charge in [-0.2, -0.15) is 0 Å². The molecule has 28 heavy (non-hydrogen) atoms. The fraction of sp³-hybridized carbons (Fsp3) is 0.524. The van der Waals surface area contributed by atoms with E-state index in [0.717, 1.165) is 38.9 Å². The maximum Gasteiger partial charge on any atom is 0.268 e. The molecule has 154 valence electrons. The normalized spacial score (nSPS) is 17.6. The Labute approximate surface area is 167 Å². The Morgan fingerprint density at radius 2 is 1.96 bits per heavy atom. The van der Waals surface area contributed by atoms with Gasteiger partial charge in [0, 0.05) is 19.1 Å². The predicted molar refractivity (Wildman–Crippen MR) is 112 cm³/mol. The van der Waals surface area contributed by atoms with E-state index in [4.69, 9.17) is 4.79 Å². The summed E-state index contributed by atoms with van der Waals surface area (Å²) in [6, 6.07) is 10.1. The molecule has 7 nitrogen and oxygen atoms in total. The van der Waals surface area contributed by atoms with E-state index in [1.807, 2.05) is 29.9 Å². The minimum atomic E-state index is -0.383. The summed E-state index contributed by atoms with van der Waals surface area (Å²) in [5.41, 5.74) is 1.58. The summed E-state index contributed by atoms with van der Waals surface area (Å²) in [6.45, 7) is 7.74. The number of rotatable bonds is 8. The van der Waals surface area contributed by atoms with Gasteiger partial charge in [0.2, 0.25) is 0 Å².